The number of rotatable bonds is 5. The molecule has 1 aromatic heterocycles. The van der Waals surface area contributed by atoms with Gasteiger partial charge in [-0.15, -0.1) is 0 Å². The largest absolute Gasteiger partial charge is 0.353 e. The van der Waals surface area contributed by atoms with Crippen molar-refractivity contribution in [2.45, 2.75) is 51.6 Å². The van der Waals surface area contributed by atoms with Crippen LogP contribution in [0.5, 0.6) is 0 Å². The molecular formula is C12H19N3OS. The van der Waals surface area contributed by atoms with Gasteiger partial charge >= 0.3 is 0 Å². The molecule has 1 fully saturated rings. The minimum Gasteiger partial charge on any atom is -0.353 e. The molecule has 1 aromatic rings. The molecule has 17 heavy (non-hydrogen) atoms. The summed E-state index contributed by atoms with van der Waals surface area (Å²) in [6.45, 7) is 4.91. The monoisotopic (exact) mass is 253 g/mol. The lowest BCUT2D eigenvalue weighted by Gasteiger charge is -2.10. The molecule has 0 bridgehead atoms. The topological polar surface area (TPSA) is 49.8 Å². The Balaban J connectivity index is 1.95. The molecule has 2 rings (SSSR count). The Hall–Kier alpha value is -1.10. The molecule has 0 aromatic carbocycles. The number of hydrogen-bond acceptors (Lipinski definition) is 2. The average molecular weight is 253 g/mol. The van der Waals surface area contributed by atoms with Crippen molar-refractivity contribution in [3.8, 4) is 0 Å². The van der Waals surface area contributed by atoms with E-state index in [0.29, 0.717) is 29.7 Å². The number of carbonyl (C=O) groups excluding carboxylic acids is 1. The van der Waals surface area contributed by atoms with Gasteiger partial charge in [-0.3, -0.25) is 4.79 Å². The lowest BCUT2D eigenvalue weighted by atomic mass is 10.1. The Morgan fingerprint density at radius 2 is 2.35 bits per heavy atom. The number of nitrogens with one attached hydrogen (secondary N) is 2. The molecule has 5 heteroatoms. The fraction of sp³-hybridized carbons (Fsp3) is 0.667. The summed E-state index contributed by atoms with van der Waals surface area (Å²) >= 11 is 5.22. The minimum atomic E-state index is 0.130. The molecular weight excluding hydrogens is 234 g/mol. The third kappa shape index (κ3) is 3.19. The Kier molecular flexibility index (Phi) is 3.66. The van der Waals surface area contributed by atoms with Gasteiger partial charge in [0, 0.05) is 30.9 Å². The zero-order valence-corrected chi connectivity index (χ0v) is 11.1. The highest BCUT2D eigenvalue weighted by molar-refractivity contribution is 7.71. The molecule has 0 aliphatic heterocycles. The number of nitrogens with zero attached hydrogens (tertiary/aromatic N) is 1. The van der Waals surface area contributed by atoms with E-state index in [-0.39, 0.29) is 5.91 Å². The van der Waals surface area contributed by atoms with Gasteiger partial charge in [-0.2, -0.15) is 0 Å². The molecule has 0 atom stereocenters. The summed E-state index contributed by atoms with van der Waals surface area (Å²) < 4.78 is 2.72. The van der Waals surface area contributed by atoms with Gasteiger partial charge in [-0.1, -0.05) is 13.8 Å². The predicted molar refractivity (Wildman–Crippen MR) is 69.5 cm³/mol. The van der Waals surface area contributed by atoms with E-state index in [2.05, 4.69) is 24.1 Å². The van der Waals surface area contributed by atoms with Crippen LogP contribution in [0.4, 0.5) is 0 Å². The first kappa shape index (κ1) is 12.4. The van der Waals surface area contributed by atoms with Gasteiger partial charge in [0.15, 0.2) is 4.77 Å². The van der Waals surface area contributed by atoms with E-state index >= 15 is 0 Å². The predicted octanol–water partition coefficient (Wildman–Crippen LogP) is 2.34. The first-order chi connectivity index (χ1) is 8.08. The molecule has 0 saturated heterocycles. The van der Waals surface area contributed by atoms with Crippen LogP contribution in [0.15, 0.2) is 6.20 Å². The number of amides is 1. The van der Waals surface area contributed by atoms with E-state index in [1.165, 1.54) is 0 Å². The first-order valence-corrected chi connectivity index (χ1v) is 6.56. The van der Waals surface area contributed by atoms with Gasteiger partial charge < -0.3 is 14.9 Å². The number of hydrogen-bond donors (Lipinski definition) is 2. The van der Waals surface area contributed by atoms with Gasteiger partial charge in [0.05, 0.1) is 0 Å². The standard InChI is InChI=1S/C12H19N3OS/c1-8(2)10-7-13-12(17)15(10)6-5-11(16)14-9-3-4-9/h7-9H,3-6H2,1-2H3,(H,13,17)(H,14,16). The van der Waals surface area contributed by atoms with Gasteiger partial charge in [-0.25, -0.2) is 0 Å². The number of carbonyl (C=O) groups is 1. The molecule has 1 amide bonds. The SMILES string of the molecule is CC(C)c1c[nH]c(=S)n1CCC(=O)NC1CC1. The van der Waals surface area contributed by atoms with E-state index in [4.69, 9.17) is 12.2 Å². The van der Waals surface area contributed by atoms with Crippen LogP contribution in [-0.4, -0.2) is 21.5 Å². The van der Waals surface area contributed by atoms with Crippen molar-refractivity contribution in [3.63, 3.8) is 0 Å². The summed E-state index contributed by atoms with van der Waals surface area (Å²) in [5.74, 6) is 0.541. The summed E-state index contributed by atoms with van der Waals surface area (Å²) in [5.41, 5.74) is 1.16. The molecule has 1 aliphatic rings. The van der Waals surface area contributed by atoms with E-state index in [0.717, 1.165) is 18.5 Å². The highest BCUT2D eigenvalue weighted by Gasteiger charge is 2.23. The third-order valence-corrected chi connectivity index (χ3v) is 3.34. The van der Waals surface area contributed by atoms with Crippen molar-refractivity contribution in [3.05, 3.63) is 16.7 Å². The van der Waals surface area contributed by atoms with Gasteiger partial charge in [-0.05, 0) is 31.0 Å². The highest BCUT2D eigenvalue weighted by atomic mass is 32.1. The molecule has 4 nitrogen and oxygen atoms in total. The molecule has 2 N–H and O–H groups in total. The zero-order valence-electron chi connectivity index (χ0n) is 10.3. The molecule has 94 valence electrons. The van der Waals surface area contributed by atoms with Crippen molar-refractivity contribution in [2.75, 3.05) is 0 Å². The Morgan fingerprint density at radius 1 is 1.65 bits per heavy atom. The van der Waals surface area contributed by atoms with Crippen molar-refractivity contribution < 1.29 is 4.79 Å². The second-order valence-electron chi connectivity index (χ2n) is 4.92. The van der Waals surface area contributed by atoms with E-state index in [9.17, 15) is 4.79 Å². The minimum absolute atomic E-state index is 0.130. The van der Waals surface area contributed by atoms with Crippen LogP contribution in [0.3, 0.4) is 0 Å². The number of imidazole rings is 1. The lowest BCUT2D eigenvalue weighted by molar-refractivity contribution is -0.121. The Labute approximate surface area is 106 Å². The molecule has 1 saturated carbocycles. The van der Waals surface area contributed by atoms with Crippen molar-refractivity contribution in [1.29, 1.82) is 0 Å². The van der Waals surface area contributed by atoms with Crippen LogP contribution in [0.1, 0.15) is 44.7 Å². The average Bonchev–Trinajstić information content (AvgIpc) is 2.98. The van der Waals surface area contributed by atoms with E-state index < -0.39 is 0 Å². The molecule has 0 unspecified atom stereocenters. The van der Waals surface area contributed by atoms with Crippen LogP contribution in [-0.2, 0) is 11.3 Å². The second kappa shape index (κ2) is 5.04. The summed E-state index contributed by atoms with van der Waals surface area (Å²) in [5, 5.41) is 2.99. The number of H-pyrrole nitrogens is 1. The third-order valence-electron chi connectivity index (χ3n) is 3.00. The molecule has 0 radical (unpaired) electrons. The fourth-order valence-electron chi connectivity index (χ4n) is 1.86. The lowest BCUT2D eigenvalue weighted by Crippen LogP contribution is -2.26. The second-order valence-corrected chi connectivity index (χ2v) is 5.30. The van der Waals surface area contributed by atoms with E-state index in [1.54, 1.807) is 0 Å². The molecule has 1 aliphatic carbocycles. The van der Waals surface area contributed by atoms with Crippen molar-refractivity contribution >= 4 is 18.1 Å². The Morgan fingerprint density at radius 3 is 2.94 bits per heavy atom. The van der Waals surface area contributed by atoms with Crippen molar-refractivity contribution in [1.82, 2.24) is 14.9 Å². The van der Waals surface area contributed by atoms with Crippen LogP contribution in [0.25, 0.3) is 0 Å². The summed E-state index contributed by atoms with van der Waals surface area (Å²) in [6.07, 6.45) is 4.70. The van der Waals surface area contributed by atoms with Gasteiger partial charge in [0.1, 0.15) is 0 Å². The number of aromatic amines is 1. The van der Waals surface area contributed by atoms with Crippen LogP contribution in [0.2, 0.25) is 0 Å². The highest BCUT2D eigenvalue weighted by Crippen LogP contribution is 2.19. The van der Waals surface area contributed by atoms with Crippen LogP contribution in [0, 0.1) is 4.77 Å². The van der Waals surface area contributed by atoms with Gasteiger partial charge in [0.2, 0.25) is 5.91 Å². The fourth-order valence-corrected chi connectivity index (χ4v) is 2.11. The number of aromatic nitrogens is 2. The maximum absolute atomic E-state index is 11.6. The van der Waals surface area contributed by atoms with Crippen molar-refractivity contribution in [2.24, 2.45) is 0 Å². The molecule has 1 heterocycles. The van der Waals surface area contributed by atoms with Crippen LogP contribution >= 0.6 is 12.2 Å². The summed E-state index contributed by atoms with van der Waals surface area (Å²) in [6, 6.07) is 0.436. The maximum atomic E-state index is 11.6. The summed E-state index contributed by atoms with van der Waals surface area (Å²) in [7, 11) is 0. The van der Waals surface area contributed by atoms with Crippen LogP contribution < -0.4 is 5.32 Å². The first-order valence-electron chi connectivity index (χ1n) is 6.15. The zero-order chi connectivity index (χ0) is 12.4. The Bertz CT molecular complexity index is 457. The maximum Gasteiger partial charge on any atom is 0.222 e. The van der Waals surface area contributed by atoms with Gasteiger partial charge in [0.25, 0.3) is 0 Å². The molecule has 0 spiro atoms. The smallest absolute Gasteiger partial charge is 0.222 e. The quantitative estimate of drug-likeness (QED) is 0.791. The summed E-state index contributed by atoms with van der Waals surface area (Å²) in [4.78, 5) is 14.7. The normalized spacial score (nSPS) is 15.2. The van der Waals surface area contributed by atoms with E-state index in [1.807, 2.05) is 10.8 Å².